The summed E-state index contributed by atoms with van der Waals surface area (Å²) in [5.41, 5.74) is 1.34. The van der Waals surface area contributed by atoms with Crippen molar-refractivity contribution in [2.45, 2.75) is 11.7 Å². The lowest BCUT2D eigenvalue weighted by molar-refractivity contribution is -0.113. The Hall–Kier alpha value is -3.43. The number of methoxy groups -OCH3 is 1. The fraction of sp³-hybridized carbons (Fsp3) is 0.136. The number of fused-ring (bicyclic) bond motifs is 1. The Kier molecular flexibility index (Phi) is 6.67. The van der Waals surface area contributed by atoms with E-state index in [1.54, 1.807) is 24.3 Å². The second-order valence-electron chi connectivity index (χ2n) is 6.64. The van der Waals surface area contributed by atoms with Crippen LogP contribution in [-0.4, -0.2) is 38.3 Å². The smallest absolute Gasteiger partial charge is 0.282 e. The molecule has 4 rings (SSSR count). The molecule has 4 aromatic rings. The van der Waals surface area contributed by atoms with Gasteiger partial charge in [-0.2, -0.15) is 0 Å². The van der Waals surface area contributed by atoms with Crippen LogP contribution in [0.4, 0.5) is 5.69 Å². The standard InChI is InChI=1S/C22H18ClN5O3S/c1-31-17-9-5-4-8-16(17)26-18(29)13-32-22-27-20-19(24-10-11-25-20)21(30)28(22)12-14-6-2-3-7-15(14)23/h2-11H,12-13H2,1H3,(H,26,29). The number of hydrogen-bond acceptors (Lipinski definition) is 7. The monoisotopic (exact) mass is 467 g/mol. The van der Waals surface area contributed by atoms with Crippen molar-refractivity contribution in [1.82, 2.24) is 19.5 Å². The molecule has 2 aromatic heterocycles. The van der Waals surface area contributed by atoms with Crippen LogP contribution in [0.2, 0.25) is 5.02 Å². The van der Waals surface area contributed by atoms with Crippen molar-refractivity contribution in [2.24, 2.45) is 0 Å². The van der Waals surface area contributed by atoms with Crippen LogP contribution in [0, 0.1) is 0 Å². The first-order chi connectivity index (χ1) is 15.6. The maximum absolute atomic E-state index is 13.1. The Labute approximate surface area is 192 Å². The maximum atomic E-state index is 13.1. The molecule has 0 saturated carbocycles. The summed E-state index contributed by atoms with van der Waals surface area (Å²) in [5.74, 6) is 0.316. The predicted molar refractivity (Wildman–Crippen MR) is 124 cm³/mol. The van der Waals surface area contributed by atoms with E-state index < -0.39 is 0 Å². The Balaban J connectivity index is 1.63. The highest BCUT2D eigenvalue weighted by Gasteiger charge is 2.16. The van der Waals surface area contributed by atoms with Gasteiger partial charge < -0.3 is 10.1 Å². The first kappa shape index (κ1) is 21.8. The van der Waals surface area contributed by atoms with Gasteiger partial charge in [-0.3, -0.25) is 14.2 Å². The lowest BCUT2D eigenvalue weighted by Gasteiger charge is -2.14. The molecule has 1 amide bonds. The van der Waals surface area contributed by atoms with E-state index in [1.165, 1.54) is 24.1 Å². The van der Waals surface area contributed by atoms with Gasteiger partial charge in [0.2, 0.25) is 5.91 Å². The van der Waals surface area contributed by atoms with Crippen molar-refractivity contribution in [3.63, 3.8) is 0 Å². The van der Waals surface area contributed by atoms with Crippen molar-refractivity contribution in [2.75, 3.05) is 18.2 Å². The minimum absolute atomic E-state index is 0.0266. The fourth-order valence-electron chi connectivity index (χ4n) is 3.04. The molecule has 2 heterocycles. The third-order valence-corrected chi connectivity index (χ3v) is 5.90. The number of aromatic nitrogens is 4. The zero-order valence-corrected chi connectivity index (χ0v) is 18.6. The molecule has 10 heteroatoms. The minimum Gasteiger partial charge on any atom is -0.495 e. The third kappa shape index (κ3) is 4.74. The third-order valence-electron chi connectivity index (χ3n) is 4.56. The molecule has 0 aliphatic carbocycles. The molecule has 0 aliphatic rings. The topological polar surface area (TPSA) is 99.0 Å². The zero-order valence-electron chi connectivity index (χ0n) is 17.0. The molecular weight excluding hydrogens is 450 g/mol. The van der Waals surface area contributed by atoms with E-state index in [2.05, 4.69) is 20.3 Å². The summed E-state index contributed by atoms with van der Waals surface area (Å²) in [4.78, 5) is 38.5. The van der Waals surface area contributed by atoms with Crippen LogP contribution in [0.3, 0.4) is 0 Å². The Morgan fingerprint density at radius 3 is 2.69 bits per heavy atom. The van der Waals surface area contributed by atoms with Gasteiger partial charge in [0.15, 0.2) is 16.3 Å². The normalized spacial score (nSPS) is 10.8. The van der Waals surface area contributed by atoms with Crippen LogP contribution in [0.1, 0.15) is 5.56 Å². The molecule has 162 valence electrons. The van der Waals surface area contributed by atoms with Crippen molar-refractivity contribution in [3.8, 4) is 5.75 Å². The quantitative estimate of drug-likeness (QED) is 0.327. The summed E-state index contributed by atoms with van der Waals surface area (Å²) in [7, 11) is 1.53. The molecule has 0 spiro atoms. The molecule has 0 bridgehead atoms. The van der Waals surface area contributed by atoms with Gasteiger partial charge in [-0.25, -0.2) is 15.0 Å². The van der Waals surface area contributed by atoms with Gasteiger partial charge >= 0.3 is 0 Å². The number of benzene rings is 2. The summed E-state index contributed by atoms with van der Waals surface area (Å²) < 4.78 is 6.72. The van der Waals surface area contributed by atoms with Crippen molar-refractivity contribution in [3.05, 3.63) is 81.9 Å². The SMILES string of the molecule is COc1ccccc1NC(=O)CSc1nc2nccnc2c(=O)n1Cc1ccccc1Cl. The van der Waals surface area contributed by atoms with Gasteiger partial charge in [-0.05, 0) is 23.8 Å². The largest absolute Gasteiger partial charge is 0.495 e. The first-order valence-corrected chi connectivity index (χ1v) is 10.9. The van der Waals surface area contributed by atoms with E-state index >= 15 is 0 Å². The lowest BCUT2D eigenvalue weighted by atomic mass is 10.2. The average Bonchev–Trinajstić information content (AvgIpc) is 2.81. The van der Waals surface area contributed by atoms with Crippen molar-refractivity contribution < 1.29 is 9.53 Å². The van der Waals surface area contributed by atoms with E-state index in [1.807, 2.05) is 24.3 Å². The molecular formula is C22H18ClN5O3S. The van der Waals surface area contributed by atoms with E-state index in [0.717, 1.165) is 17.3 Å². The van der Waals surface area contributed by atoms with Crippen LogP contribution < -0.4 is 15.6 Å². The first-order valence-electron chi connectivity index (χ1n) is 9.57. The zero-order chi connectivity index (χ0) is 22.5. The number of anilines is 1. The van der Waals surface area contributed by atoms with Crippen LogP contribution in [0.25, 0.3) is 11.2 Å². The number of nitrogens with one attached hydrogen (secondary N) is 1. The number of ether oxygens (including phenoxy) is 1. The molecule has 0 atom stereocenters. The summed E-state index contributed by atoms with van der Waals surface area (Å²) in [6.45, 7) is 0.189. The van der Waals surface area contributed by atoms with Gasteiger partial charge in [0, 0.05) is 17.4 Å². The van der Waals surface area contributed by atoms with Crippen LogP contribution >= 0.6 is 23.4 Å². The molecule has 0 unspecified atom stereocenters. The minimum atomic E-state index is -0.351. The summed E-state index contributed by atoms with van der Waals surface area (Å²) in [6.07, 6.45) is 2.91. The van der Waals surface area contributed by atoms with E-state index in [9.17, 15) is 9.59 Å². The number of hydrogen-bond donors (Lipinski definition) is 1. The molecule has 0 aliphatic heterocycles. The van der Waals surface area contributed by atoms with Crippen molar-refractivity contribution >= 4 is 46.1 Å². The highest BCUT2D eigenvalue weighted by atomic mass is 35.5. The maximum Gasteiger partial charge on any atom is 0.282 e. The van der Waals surface area contributed by atoms with Crippen LogP contribution in [0.5, 0.6) is 5.75 Å². The van der Waals surface area contributed by atoms with Crippen molar-refractivity contribution in [1.29, 1.82) is 0 Å². The number of thioether (sulfide) groups is 1. The highest BCUT2D eigenvalue weighted by molar-refractivity contribution is 7.99. The molecule has 8 nitrogen and oxygen atoms in total. The molecule has 2 aromatic carbocycles. The van der Waals surface area contributed by atoms with Crippen LogP contribution in [-0.2, 0) is 11.3 Å². The van der Waals surface area contributed by atoms with Gasteiger partial charge in [0.05, 0.1) is 25.1 Å². The van der Waals surface area contributed by atoms with E-state index in [4.69, 9.17) is 16.3 Å². The van der Waals surface area contributed by atoms with E-state index in [-0.39, 0.29) is 34.9 Å². The van der Waals surface area contributed by atoms with E-state index in [0.29, 0.717) is 21.6 Å². The van der Waals surface area contributed by atoms with Crippen LogP contribution in [0.15, 0.2) is 70.9 Å². The molecule has 1 N–H and O–H groups in total. The summed E-state index contributed by atoms with van der Waals surface area (Å²) >= 11 is 7.43. The average molecular weight is 468 g/mol. The fourth-order valence-corrected chi connectivity index (χ4v) is 4.02. The molecule has 0 fully saturated rings. The molecule has 32 heavy (non-hydrogen) atoms. The molecule has 0 saturated heterocycles. The predicted octanol–water partition coefficient (Wildman–Crippen LogP) is 3.63. The Morgan fingerprint density at radius 1 is 1.12 bits per heavy atom. The van der Waals surface area contributed by atoms with Gasteiger partial charge in [0.1, 0.15) is 5.75 Å². The second-order valence-corrected chi connectivity index (χ2v) is 7.99. The number of amides is 1. The van der Waals surface area contributed by atoms with Gasteiger partial charge in [-0.15, -0.1) is 0 Å². The summed E-state index contributed by atoms with van der Waals surface area (Å²) in [5, 5.41) is 3.69. The number of nitrogens with zero attached hydrogens (tertiary/aromatic N) is 4. The lowest BCUT2D eigenvalue weighted by Crippen LogP contribution is -2.26. The number of rotatable bonds is 7. The molecule has 0 radical (unpaired) electrons. The number of para-hydroxylation sites is 2. The number of halogens is 1. The highest BCUT2D eigenvalue weighted by Crippen LogP contribution is 2.24. The van der Waals surface area contributed by atoms with Gasteiger partial charge in [0.25, 0.3) is 5.56 Å². The number of carbonyl (C=O) groups excluding carboxylic acids is 1. The summed E-state index contributed by atoms with van der Waals surface area (Å²) in [6, 6.07) is 14.4. The number of carbonyl (C=O) groups is 1. The Bertz CT molecular complexity index is 1340. The second kappa shape index (κ2) is 9.80. The van der Waals surface area contributed by atoms with Gasteiger partial charge in [-0.1, -0.05) is 53.7 Å². The Morgan fingerprint density at radius 2 is 1.88 bits per heavy atom.